The number of carbonyl (C=O) groups excluding carboxylic acids is 1. The first kappa shape index (κ1) is 24.1. The topological polar surface area (TPSA) is 122 Å². The lowest BCUT2D eigenvalue weighted by Gasteiger charge is -2.21. The summed E-state index contributed by atoms with van der Waals surface area (Å²) in [6.45, 7) is -0.516. The predicted octanol–water partition coefficient (Wildman–Crippen LogP) is 3.59. The quantitative estimate of drug-likeness (QED) is 0.281. The Bertz CT molecular complexity index is 1270. The fourth-order valence-electron chi connectivity index (χ4n) is 2.87. The van der Waals surface area contributed by atoms with E-state index in [4.69, 9.17) is 11.6 Å². The molecule has 0 atom stereocenters. The summed E-state index contributed by atoms with van der Waals surface area (Å²) in [6.07, 6.45) is 1.15. The van der Waals surface area contributed by atoms with Gasteiger partial charge in [-0.25, -0.2) is 13.8 Å². The lowest BCUT2D eigenvalue weighted by atomic mass is 10.2. The number of sulfonamides is 1. The standard InChI is InChI=1S/C22H19ClN4O5S/c23-21-12-11-19(27(29)30)13-18(21)14-24-25-22(28)16-26(15-17-7-3-1-4-8-17)33(31,32)20-9-5-2-6-10-20/h1-14H,15-16H2,(H,25,28)/b24-14-. The minimum atomic E-state index is -3.97. The molecule has 170 valence electrons. The number of non-ortho nitro benzene ring substituents is 1. The number of hydrazone groups is 1. The Morgan fingerprint density at radius 2 is 1.70 bits per heavy atom. The molecule has 0 bridgehead atoms. The van der Waals surface area contributed by atoms with Crippen LogP contribution in [0.1, 0.15) is 11.1 Å². The smallest absolute Gasteiger partial charge is 0.270 e. The number of benzene rings is 3. The molecule has 11 heteroatoms. The van der Waals surface area contributed by atoms with E-state index in [0.29, 0.717) is 5.56 Å². The van der Waals surface area contributed by atoms with E-state index in [1.807, 2.05) is 0 Å². The molecule has 0 aliphatic heterocycles. The molecule has 0 spiro atoms. The van der Waals surface area contributed by atoms with Gasteiger partial charge >= 0.3 is 0 Å². The largest absolute Gasteiger partial charge is 0.272 e. The zero-order chi connectivity index (χ0) is 23.8. The van der Waals surface area contributed by atoms with Gasteiger partial charge in [-0.15, -0.1) is 0 Å². The van der Waals surface area contributed by atoms with Gasteiger partial charge in [0.2, 0.25) is 10.0 Å². The maximum Gasteiger partial charge on any atom is 0.270 e. The number of nitrogens with one attached hydrogen (secondary N) is 1. The van der Waals surface area contributed by atoms with Crippen molar-refractivity contribution in [1.29, 1.82) is 0 Å². The van der Waals surface area contributed by atoms with Crippen molar-refractivity contribution in [2.75, 3.05) is 6.54 Å². The fourth-order valence-corrected chi connectivity index (χ4v) is 4.44. The minimum absolute atomic E-state index is 0.0219. The van der Waals surface area contributed by atoms with E-state index < -0.39 is 27.4 Å². The Balaban J connectivity index is 1.77. The molecule has 9 nitrogen and oxygen atoms in total. The summed E-state index contributed by atoms with van der Waals surface area (Å²) in [6, 6.07) is 20.5. The molecule has 3 aromatic carbocycles. The molecule has 0 aliphatic rings. The summed E-state index contributed by atoms with van der Waals surface area (Å²) < 4.78 is 27.3. The minimum Gasteiger partial charge on any atom is -0.272 e. The number of nitro groups is 1. The van der Waals surface area contributed by atoms with Crippen LogP contribution in [0.15, 0.2) is 88.9 Å². The summed E-state index contributed by atoms with van der Waals surface area (Å²) in [4.78, 5) is 22.9. The van der Waals surface area contributed by atoms with Gasteiger partial charge in [0, 0.05) is 29.3 Å². The molecule has 1 amide bonds. The van der Waals surface area contributed by atoms with Crippen molar-refractivity contribution in [3.8, 4) is 0 Å². The van der Waals surface area contributed by atoms with Crippen LogP contribution in [-0.4, -0.2) is 36.3 Å². The van der Waals surface area contributed by atoms with E-state index in [1.54, 1.807) is 48.5 Å². The van der Waals surface area contributed by atoms with Crippen molar-refractivity contribution in [1.82, 2.24) is 9.73 Å². The summed E-state index contributed by atoms with van der Waals surface area (Å²) in [7, 11) is -3.97. The van der Waals surface area contributed by atoms with Crippen LogP contribution < -0.4 is 5.43 Å². The van der Waals surface area contributed by atoms with E-state index in [9.17, 15) is 23.3 Å². The first-order chi connectivity index (χ1) is 15.8. The third kappa shape index (κ3) is 6.45. The van der Waals surface area contributed by atoms with Crippen LogP contribution in [0.25, 0.3) is 0 Å². The lowest BCUT2D eigenvalue weighted by Crippen LogP contribution is -2.39. The molecule has 3 rings (SSSR count). The number of halogens is 1. The molecule has 0 saturated carbocycles. The molecular formula is C22H19ClN4O5S. The second-order valence-electron chi connectivity index (χ2n) is 6.83. The second-order valence-corrected chi connectivity index (χ2v) is 9.17. The molecule has 0 heterocycles. The Kier molecular flexibility index (Phi) is 7.88. The zero-order valence-electron chi connectivity index (χ0n) is 17.2. The van der Waals surface area contributed by atoms with E-state index in [-0.39, 0.29) is 27.7 Å². The molecule has 0 aliphatic carbocycles. The average Bonchev–Trinajstić information content (AvgIpc) is 2.81. The van der Waals surface area contributed by atoms with Crippen molar-refractivity contribution in [3.05, 3.63) is 105 Å². The normalized spacial score (nSPS) is 11.6. The summed E-state index contributed by atoms with van der Waals surface area (Å²) in [5, 5.41) is 14.9. The summed E-state index contributed by atoms with van der Waals surface area (Å²) in [5.74, 6) is -0.691. The molecule has 0 saturated heterocycles. The van der Waals surface area contributed by atoms with Crippen molar-refractivity contribution in [3.63, 3.8) is 0 Å². The summed E-state index contributed by atoms with van der Waals surface area (Å²) >= 11 is 6.00. The van der Waals surface area contributed by atoms with Gasteiger partial charge in [-0.05, 0) is 23.8 Å². The van der Waals surface area contributed by atoms with Crippen LogP contribution in [0, 0.1) is 10.1 Å². The molecule has 0 radical (unpaired) electrons. The number of rotatable bonds is 9. The predicted molar refractivity (Wildman–Crippen MR) is 124 cm³/mol. The highest BCUT2D eigenvalue weighted by Gasteiger charge is 2.26. The zero-order valence-corrected chi connectivity index (χ0v) is 18.7. The Labute approximate surface area is 195 Å². The van der Waals surface area contributed by atoms with Gasteiger partial charge < -0.3 is 0 Å². The number of hydrogen-bond acceptors (Lipinski definition) is 6. The highest BCUT2D eigenvalue weighted by atomic mass is 35.5. The monoisotopic (exact) mass is 486 g/mol. The molecule has 3 aromatic rings. The molecular weight excluding hydrogens is 468 g/mol. The van der Waals surface area contributed by atoms with Gasteiger partial charge in [0.25, 0.3) is 11.6 Å². The maximum atomic E-state index is 13.1. The fraction of sp³-hybridized carbons (Fsp3) is 0.0909. The second kappa shape index (κ2) is 10.8. The van der Waals surface area contributed by atoms with Crippen LogP contribution in [0.2, 0.25) is 5.02 Å². The van der Waals surface area contributed by atoms with E-state index >= 15 is 0 Å². The molecule has 33 heavy (non-hydrogen) atoms. The third-order valence-electron chi connectivity index (χ3n) is 4.49. The van der Waals surface area contributed by atoms with Gasteiger partial charge in [0.15, 0.2) is 0 Å². The summed E-state index contributed by atoms with van der Waals surface area (Å²) in [5.41, 5.74) is 2.99. The maximum absolute atomic E-state index is 13.1. The molecule has 0 fully saturated rings. The number of nitro benzene ring substituents is 1. The van der Waals surface area contributed by atoms with Crippen molar-refractivity contribution < 1.29 is 18.1 Å². The van der Waals surface area contributed by atoms with Gasteiger partial charge in [-0.1, -0.05) is 60.1 Å². The van der Waals surface area contributed by atoms with Crippen LogP contribution in [0.5, 0.6) is 0 Å². The highest BCUT2D eigenvalue weighted by molar-refractivity contribution is 7.89. The van der Waals surface area contributed by atoms with Gasteiger partial charge in [-0.2, -0.15) is 9.41 Å². The number of carbonyl (C=O) groups is 1. The van der Waals surface area contributed by atoms with E-state index in [0.717, 1.165) is 10.5 Å². The van der Waals surface area contributed by atoms with Crippen LogP contribution in [-0.2, 0) is 21.4 Å². The average molecular weight is 487 g/mol. The van der Waals surface area contributed by atoms with Crippen LogP contribution >= 0.6 is 11.6 Å². The molecule has 1 N–H and O–H groups in total. The van der Waals surface area contributed by atoms with E-state index in [2.05, 4.69) is 10.5 Å². The van der Waals surface area contributed by atoms with Gasteiger partial charge in [0.05, 0.1) is 22.6 Å². The van der Waals surface area contributed by atoms with Crippen molar-refractivity contribution in [2.24, 2.45) is 5.10 Å². The van der Waals surface area contributed by atoms with Gasteiger partial charge in [-0.3, -0.25) is 14.9 Å². The Morgan fingerprint density at radius 3 is 2.33 bits per heavy atom. The first-order valence-electron chi connectivity index (χ1n) is 9.62. The Morgan fingerprint density at radius 1 is 1.06 bits per heavy atom. The SMILES string of the molecule is O=C(CN(Cc1ccccc1)S(=O)(=O)c1ccccc1)N/N=C\c1cc([N+](=O)[O-])ccc1Cl. The van der Waals surface area contributed by atoms with Crippen molar-refractivity contribution >= 4 is 39.4 Å². The van der Waals surface area contributed by atoms with Gasteiger partial charge in [0.1, 0.15) is 0 Å². The van der Waals surface area contributed by atoms with Crippen LogP contribution in [0.4, 0.5) is 5.69 Å². The number of hydrogen-bond donors (Lipinski definition) is 1. The lowest BCUT2D eigenvalue weighted by molar-refractivity contribution is -0.384. The number of nitrogens with zero attached hydrogens (tertiary/aromatic N) is 3. The first-order valence-corrected chi connectivity index (χ1v) is 11.4. The van der Waals surface area contributed by atoms with E-state index in [1.165, 1.54) is 30.3 Å². The highest BCUT2D eigenvalue weighted by Crippen LogP contribution is 2.21. The van der Waals surface area contributed by atoms with Crippen LogP contribution in [0.3, 0.4) is 0 Å². The number of amides is 1. The Hall–Kier alpha value is -3.60. The van der Waals surface area contributed by atoms with Crippen molar-refractivity contribution in [2.45, 2.75) is 11.4 Å². The molecule has 0 unspecified atom stereocenters. The third-order valence-corrected chi connectivity index (χ3v) is 6.64. The molecule has 0 aromatic heterocycles.